The quantitative estimate of drug-likeness (QED) is 0.686. The number of nitrogens with one attached hydrogen (secondary N) is 1. The van der Waals surface area contributed by atoms with Gasteiger partial charge in [-0.2, -0.15) is 0 Å². The molecule has 0 unspecified atom stereocenters. The first-order valence-corrected chi connectivity index (χ1v) is 5.18. The van der Waals surface area contributed by atoms with Gasteiger partial charge in [-0.1, -0.05) is 18.2 Å². The van der Waals surface area contributed by atoms with Gasteiger partial charge in [-0.25, -0.2) is 0 Å². The van der Waals surface area contributed by atoms with Gasteiger partial charge in [-0.05, 0) is 35.9 Å². The summed E-state index contributed by atoms with van der Waals surface area (Å²) in [6.45, 7) is 0.681. The first-order valence-electron chi connectivity index (χ1n) is 5.18. The molecule has 0 aliphatic carbocycles. The Morgan fingerprint density at radius 3 is 2.44 bits per heavy atom. The molecule has 2 rings (SSSR count). The minimum absolute atomic E-state index is 0.681. The highest BCUT2D eigenvalue weighted by Crippen LogP contribution is 2.17. The molecule has 2 aromatic carbocycles. The van der Waals surface area contributed by atoms with E-state index < -0.39 is 0 Å². The van der Waals surface area contributed by atoms with Crippen molar-refractivity contribution in [3.8, 4) is 0 Å². The van der Waals surface area contributed by atoms with Crippen molar-refractivity contribution in [2.45, 2.75) is 6.54 Å². The first-order chi connectivity index (χ1) is 7.75. The van der Waals surface area contributed by atoms with E-state index in [4.69, 9.17) is 11.5 Å². The lowest BCUT2D eigenvalue weighted by Gasteiger charge is -2.09. The van der Waals surface area contributed by atoms with Crippen molar-refractivity contribution >= 4 is 17.1 Å². The van der Waals surface area contributed by atoms with Crippen LogP contribution in [0.2, 0.25) is 0 Å². The normalized spacial score (nSPS) is 10.0. The van der Waals surface area contributed by atoms with Crippen molar-refractivity contribution in [2.24, 2.45) is 0 Å². The van der Waals surface area contributed by atoms with E-state index in [-0.39, 0.29) is 0 Å². The van der Waals surface area contributed by atoms with Crippen LogP contribution in [0.1, 0.15) is 5.56 Å². The molecule has 5 N–H and O–H groups in total. The van der Waals surface area contributed by atoms with Gasteiger partial charge in [-0.15, -0.1) is 0 Å². The van der Waals surface area contributed by atoms with E-state index >= 15 is 0 Å². The van der Waals surface area contributed by atoms with Crippen LogP contribution in [0.4, 0.5) is 17.1 Å². The molecule has 3 heteroatoms. The van der Waals surface area contributed by atoms with Crippen LogP contribution in [0.3, 0.4) is 0 Å². The largest absolute Gasteiger partial charge is 0.399 e. The minimum Gasteiger partial charge on any atom is -0.399 e. The maximum Gasteiger partial charge on any atom is 0.0421 e. The molecule has 0 atom stereocenters. The number of benzene rings is 2. The summed E-state index contributed by atoms with van der Waals surface area (Å²) in [6, 6.07) is 15.5. The van der Waals surface area contributed by atoms with Gasteiger partial charge in [0, 0.05) is 23.6 Å². The molecule has 0 aliphatic rings. The second-order valence-corrected chi connectivity index (χ2v) is 3.68. The van der Waals surface area contributed by atoms with Crippen molar-refractivity contribution in [3.63, 3.8) is 0 Å². The van der Waals surface area contributed by atoms with E-state index in [9.17, 15) is 0 Å². The van der Waals surface area contributed by atoms with E-state index in [1.165, 1.54) is 0 Å². The molecule has 0 aliphatic heterocycles. The Morgan fingerprint density at radius 1 is 0.938 bits per heavy atom. The maximum atomic E-state index is 5.86. The summed E-state index contributed by atoms with van der Waals surface area (Å²) in [7, 11) is 0. The summed E-state index contributed by atoms with van der Waals surface area (Å²) in [5, 5.41) is 3.29. The van der Waals surface area contributed by atoms with Crippen molar-refractivity contribution in [1.82, 2.24) is 0 Å². The number of rotatable bonds is 3. The molecular formula is C13H15N3. The fourth-order valence-electron chi connectivity index (χ4n) is 1.53. The third-order valence-corrected chi connectivity index (χ3v) is 2.42. The molecule has 82 valence electrons. The lowest BCUT2D eigenvalue weighted by molar-refractivity contribution is 1.15. The average Bonchev–Trinajstić information content (AvgIpc) is 2.32. The minimum atomic E-state index is 0.681. The molecule has 3 nitrogen and oxygen atoms in total. The van der Waals surface area contributed by atoms with Gasteiger partial charge in [0.25, 0.3) is 0 Å². The van der Waals surface area contributed by atoms with Crippen LogP contribution in [0.5, 0.6) is 0 Å². The molecule has 0 aromatic heterocycles. The van der Waals surface area contributed by atoms with Gasteiger partial charge >= 0.3 is 0 Å². The van der Waals surface area contributed by atoms with Crippen LogP contribution in [0.25, 0.3) is 0 Å². The van der Waals surface area contributed by atoms with Crippen LogP contribution in [-0.2, 0) is 6.54 Å². The Bertz CT molecular complexity index is 466. The number of hydrogen-bond donors (Lipinski definition) is 3. The molecular weight excluding hydrogens is 198 g/mol. The Labute approximate surface area is 95.1 Å². The predicted octanol–water partition coefficient (Wildman–Crippen LogP) is 2.46. The topological polar surface area (TPSA) is 64.1 Å². The second-order valence-electron chi connectivity index (χ2n) is 3.68. The fourth-order valence-corrected chi connectivity index (χ4v) is 1.53. The Kier molecular flexibility index (Phi) is 2.96. The smallest absolute Gasteiger partial charge is 0.0421 e. The number of nitrogen functional groups attached to an aromatic ring is 2. The van der Waals surface area contributed by atoms with Gasteiger partial charge in [0.15, 0.2) is 0 Å². The van der Waals surface area contributed by atoms with Crippen LogP contribution in [0.15, 0.2) is 48.5 Å². The van der Waals surface area contributed by atoms with Gasteiger partial charge in [-0.3, -0.25) is 0 Å². The first kappa shape index (κ1) is 10.4. The number of anilines is 3. The molecule has 0 fully saturated rings. The maximum absolute atomic E-state index is 5.86. The Balaban J connectivity index is 2.08. The van der Waals surface area contributed by atoms with E-state index in [1.54, 1.807) is 6.07 Å². The van der Waals surface area contributed by atoms with Crippen molar-refractivity contribution < 1.29 is 0 Å². The summed E-state index contributed by atoms with van der Waals surface area (Å²) >= 11 is 0. The SMILES string of the molecule is Nc1ccc(N)c(CNc2ccccc2)c1. The second kappa shape index (κ2) is 4.57. The number of hydrogen-bond acceptors (Lipinski definition) is 3. The molecule has 0 saturated heterocycles. The van der Waals surface area contributed by atoms with Crippen molar-refractivity contribution in [2.75, 3.05) is 16.8 Å². The molecule has 0 saturated carbocycles. The third-order valence-electron chi connectivity index (χ3n) is 2.42. The van der Waals surface area contributed by atoms with Gasteiger partial charge in [0.05, 0.1) is 0 Å². The van der Waals surface area contributed by atoms with Crippen LogP contribution in [-0.4, -0.2) is 0 Å². The van der Waals surface area contributed by atoms with Crippen LogP contribution < -0.4 is 16.8 Å². The van der Waals surface area contributed by atoms with Crippen LogP contribution in [0, 0.1) is 0 Å². The summed E-state index contributed by atoms with van der Waals surface area (Å²) in [5.74, 6) is 0. The zero-order chi connectivity index (χ0) is 11.4. The zero-order valence-electron chi connectivity index (χ0n) is 8.98. The van der Waals surface area contributed by atoms with Crippen molar-refractivity contribution in [1.29, 1.82) is 0 Å². The predicted molar refractivity (Wildman–Crippen MR) is 69.0 cm³/mol. The fraction of sp³-hybridized carbons (Fsp3) is 0.0769. The molecule has 2 aromatic rings. The Morgan fingerprint density at radius 2 is 1.69 bits per heavy atom. The standard InChI is InChI=1S/C13H15N3/c14-11-6-7-13(15)10(8-11)9-16-12-4-2-1-3-5-12/h1-8,16H,9,14-15H2. The Hall–Kier alpha value is -2.16. The van der Waals surface area contributed by atoms with E-state index in [0.717, 1.165) is 22.6 Å². The number of para-hydroxylation sites is 1. The van der Waals surface area contributed by atoms with Gasteiger partial charge in [0.1, 0.15) is 0 Å². The van der Waals surface area contributed by atoms with E-state index in [1.807, 2.05) is 42.5 Å². The van der Waals surface area contributed by atoms with Crippen molar-refractivity contribution in [3.05, 3.63) is 54.1 Å². The number of nitrogens with two attached hydrogens (primary N) is 2. The lowest BCUT2D eigenvalue weighted by atomic mass is 10.1. The monoisotopic (exact) mass is 213 g/mol. The summed E-state index contributed by atoms with van der Waals surface area (Å²) in [6.07, 6.45) is 0. The molecule has 0 amide bonds. The molecule has 0 radical (unpaired) electrons. The molecule has 16 heavy (non-hydrogen) atoms. The zero-order valence-corrected chi connectivity index (χ0v) is 8.98. The summed E-state index contributed by atoms with van der Waals surface area (Å²) in [4.78, 5) is 0. The highest BCUT2D eigenvalue weighted by molar-refractivity contribution is 5.56. The molecule has 0 bridgehead atoms. The van der Waals surface area contributed by atoms with Crippen LogP contribution >= 0.6 is 0 Å². The average molecular weight is 213 g/mol. The van der Waals surface area contributed by atoms with Gasteiger partial charge in [0.2, 0.25) is 0 Å². The highest BCUT2D eigenvalue weighted by Gasteiger charge is 1.99. The lowest BCUT2D eigenvalue weighted by Crippen LogP contribution is -2.03. The molecule has 0 spiro atoms. The summed E-state index contributed by atoms with van der Waals surface area (Å²) < 4.78 is 0. The highest BCUT2D eigenvalue weighted by atomic mass is 14.9. The van der Waals surface area contributed by atoms with E-state index in [2.05, 4.69) is 5.32 Å². The van der Waals surface area contributed by atoms with Gasteiger partial charge < -0.3 is 16.8 Å². The van der Waals surface area contributed by atoms with E-state index in [0.29, 0.717) is 6.54 Å². The summed E-state index contributed by atoms with van der Waals surface area (Å²) in [5.41, 5.74) is 15.2. The third kappa shape index (κ3) is 2.45. The molecule has 0 heterocycles.